The number of benzene rings is 1. The van der Waals surface area contributed by atoms with Gasteiger partial charge in [-0.25, -0.2) is 15.8 Å². The number of carbonyl (C=O) groups is 1. The average Bonchev–Trinajstić information content (AvgIpc) is 3.41. The molecular weight excluding hydrogens is 382 g/mol. The van der Waals surface area contributed by atoms with E-state index in [9.17, 15) is 4.79 Å². The van der Waals surface area contributed by atoms with Crippen LogP contribution in [-0.2, 0) is 11.8 Å². The number of carbonyl (C=O) groups excluding carboxylic acids is 1. The molecule has 1 fully saturated rings. The van der Waals surface area contributed by atoms with E-state index >= 15 is 0 Å². The number of nitrogens with two attached hydrogens (primary N) is 1. The number of rotatable bonds is 5. The van der Waals surface area contributed by atoms with Crippen molar-refractivity contribution in [1.82, 2.24) is 20.0 Å². The number of hydrazine groups is 1. The van der Waals surface area contributed by atoms with Crippen LogP contribution in [0.5, 0.6) is 0 Å². The Kier molecular flexibility index (Phi) is 4.90. The number of amides is 1. The molecule has 3 N–H and O–H groups in total. The number of nitrogens with zero attached hydrogens (tertiary/aromatic N) is 3. The first-order valence-corrected chi connectivity index (χ1v) is 9.68. The third kappa shape index (κ3) is 3.71. The minimum absolute atomic E-state index is 0.0159. The number of aromatic nitrogens is 3. The number of imidazole rings is 1. The molecule has 0 saturated heterocycles. The topological polar surface area (TPSA) is 85.8 Å². The molecule has 0 unspecified atom stereocenters. The molecule has 1 saturated carbocycles. The van der Waals surface area contributed by atoms with E-state index in [4.69, 9.17) is 17.4 Å². The molecule has 138 valence electrons. The van der Waals surface area contributed by atoms with E-state index in [1.165, 1.54) is 0 Å². The van der Waals surface area contributed by atoms with Crippen LogP contribution < -0.4 is 11.3 Å². The second-order valence-corrected chi connectivity index (χ2v) is 7.95. The van der Waals surface area contributed by atoms with Gasteiger partial charge in [0.25, 0.3) is 0 Å². The Morgan fingerprint density at radius 3 is 2.70 bits per heavy atom. The molecule has 0 spiro atoms. The van der Waals surface area contributed by atoms with Crippen molar-refractivity contribution in [1.29, 1.82) is 0 Å². The summed E-state index contributed by atoms with van der Waals surface area (Å²) >= 11 is 7.46. The van der Waals surface area contributed by atoms with E-state index in [0.29, 0.717) is 5.02 Å². The highest BCUT2D eigenvalue weighted by atomic mass is 35.5. The molecule has 27 heavy (non-hydrogen) atoms. The van der Waals surface area contributed by atoms with Crippen molar-refractivity contribution in [3.05, 3.63) is 59.5 Å². The standard InChI is InChI=1S/C19H18ClN5OS/c1-25-10-23-17(19(25)27-16-7-6-13(20)9-22-16)12-4-2-11(3-5-12)14-8-15(14)18(26)24-21/h2-7,9-10,14-15H,8,21H2,1H3,(H,24,26)/t14-,15+/m1/s1. The molecule has 2 aromatic heterocycles. The summed E-state index contributed by atoms with van der Waals surface area (Å²) in [5, 5.41) is 2.47. The zero-order chi connectivity index (χ0) is 19.0. The van der Waals surface area contributed by atoms with E-state index in [2.05, 4.69) is 27.5 Å². The minimum Gasteiger partial charge on any atom is -0.328 e. The summed E-state index contributed by atoms with van der Waals surface area (Å²) in [4.78, 5) is 20.5. The van der Waals surface area contributed by atoms with Crippen LogP contribution in [0.2, 0.25) is 5.02 Å². The van der Waals surface area contributed by atoms with Crippen LogP contribution in [0.4, 0.5) is 0 Å². The summed E-state index contributed by atoms with van der Waals surface area (Å²) in [5.41, 5.74) is 5.31. The molecule has 1 aliphatic carbocycles. The monoisotopic (exact) mass is 399 g/mol. The zero-order valence-electron chi connectivity index (χ0n) is 14.6. The summed E-state index contributed by atoms with van der Waals surface area (Å²) in [6.45, 7) is 0. The number of halogens is 1. The van der Waals surface area contributed by atoms with Crippen LogP contribution in [0.1, 0.15) is 17.9 Å². The lowest BCUT2D eigenvalue weighted by molar-refractivity contribution is -0.122. The normalized spacial score (nSPS) is 18.3. The van der Waals surface area contributed by atoms with E-state index in [0.717, 1.165) is 33.3 Å². The van der Waals surface area contributed by atoms with Gasteiger partial charge >= 0.3 is 0 Å². The number of hydrogen-bond donors (Lipinski definition) is 2. The van der Waals surface area contributed by atoms with Crippen molar-refractivity contribution < 1.29 is 4.79 Å². The van der Waals surface area contributed by atoms with E-state index in [1.807, 2.05) is 35.9 Å². The summed E-state index contributed by atoms with van der Waals surface area (Å²) in [6, 6.07) is 11.9. The van der Waals surface area contributed by atoms with Gasteiger partial charge in [-0.1, -0.05) is 35.9 Å². The average molecular weight is 400 g/mol. The highest BCUT2D eigenvalue weighted by Crippen LogP contribution is 2.47. The summed E-state index contributed by atoms with van der Waals surface area (Å²) < 4.78 is 1.98. The minimum atomic E-state index is -0.0945. The van der Waals surface area contributed by atoms with Crippen LogP contribution in [0, 0.1) is 5.92 Å². The van der Waals surface area contributed by atoms with Gasteiger partial charge in [0.15, 0.2) is 0 Å². The Bertz CT molecular complexity index is 971. The Labute approximate surface area is 166 Å². The van der Waals surface area contributed by atoms with Crippen molar-refractivity contribution in [2.24, 2.45) is 18.8 Å². The Morgan fingerprint density at radius 2 is 2.04 bits per heavy atom. The molecule has 0 bridgehead atoms. The van der Waals surface area contributed by atoms with Gasteiger partial charge < -0.3 is 4.57 Å². The summed E-state index contributed by atoms with van der Waals surface area (Å²) in [6.07, 6.45) is 4.28. The van der Waals surface area contributed by atoms with Gasteiger partial charge in [-0.15, -0.1) is 0 Å². The maximum absolute atomic E-state index is 11.6. The lowest BCUT2D eigenvalue weighted by atomic mass is 10.1. The van der Waals surface area contributed by atoms with Crippen LogP contribution in [-0.4, -0.2) is 20.4 Å². The van der Waals surface area contributed by atoms with Crippen LogP contribution >= 0.6 is 23.4 Å². The van der Waals surface area contributed by atoms with Gasteiger partial charge in [0.1, 0.15) is 15.7 Å². The van der Waals surface area contributed by atoms with Gasteiger partial charge in [0.2, 0.25) is 5.91 Å². The molecule has 1 aromatic carbocycles. The molecule has 6 nitrogen and oxygen atoms in total. The first-order valence-electron chi connectivity index (χ1n) is 8.48. The lowest BCUT2D eigenvalue weighted by Gasteiger charge is -2.07. The maximum atomic E-state index is 11.6. The molecule has 3 aromatic rings. The molecule has 4 rings (SSSR count). The zero-order valence-corrected chi connectivity index (χ0v) is 16.2. The smallest absolute Gasteiger partial charge is 0.237 e. The predicted octanol–water partition coefficient (Wildman–Crippen LogP) is 3.38. The third-order valence-electron chi connectivity index (χ3n) is 4.67. The van der Waals surface area contributed by atoms with E-state index in [1.54, 1.807) is 24.3 Å². The Hall–Kier alpha value is -2.35. The van der Waals surface area contributed by atoms with Gasteiger partial charge in [-0.3, -0.25) is 10.2 Å². The molecular formula is C19H18ClN5OS. The third-order valence-corrected chi connectivity index (χ3v) is 6.02. The Morgan fingerprint density at radius 1 is 1.26 bits per heavy atom. The van der Waals surface area contributed by atoms with Crippen LogP contribution in [0.3, 0.4) is 0 Å². The van der Waals surface area contributed by atoms with Gasteiger partial charge in [-0.2, -0.15) is 0 Å². The summed E-state index contributed by atoms with van der Waals surface area (Å²) in [5.74, 6) is 5.36. The maximum Gasteiger partial charge on any atom is 0.237 e. The number of aryl methyl sites for hydroxylation is 1. The van der Waals surface area contributed by atoms with E-state index in [-0.39, 0.29) is 17.7 Å². The number of nitrogens with one attached hydrogen (secondary N) is 1. The van der Waals surface area contributed by atoms with Crippen molar-refractivity contribution in [2.75, 3.05) is 0 Å². The van der Waals surface area contributed by atoms with E-state index < -0.39 is 0 Å². The Balaban J connectivity index is 1.56. The first kappa shape index (κ1) is 18.0. The lowest BCUT2D eigenvalue weighted by Crippen LogP contribution is -2.31. The van der Waals surface area contributed by atoms with Crippen LogP contribution in [0.25, 0.3) is 11.3 Å². The fourth-order valence-electron chi connectivity index (χ4n) is 3.11. The fourth-order valence-corrected chi connectivity index (χ4v) is 4.12. The molecule has 0 aliphatic heterocycles. The van der Waals surface area contributed by atoms with Crippen molar-refractivity contribution in [3.8, 4) is 11.3 Å². The highest BCUT2D eigenvalue weighted by molar-refractivity contribution is 7.99. The van der Waals surface area contributed by atoms with Gasteiger partial charge in [-0.05, 0) is 41.8 Å². The first-order chi connectivity index (χ1) is 13.1. The molecule has 2 heterocycles. The molecule has 8 heteroatoms. The van der Waals surface area contributed by atoms with Crippen LogP contribution in [0.15, 0.2) is 59.0 Å². The number of hydrogen-bond acceptors (Lipinski definition) is 5. The quantitative estimate of drug-likeness (QED) is 0.390. The largest absolute Gasteiger partial charge is 0.328 e. The predicted molar refractivity (Wildman–Crippen MR) is 105 cm³/mol. The molecule has 1 aliphatic rings. The van der Waals surface area contributed by atoms with Crippen molar-refractivity contribution in [2.45, 2.75) is 22.4 Å². The van der Waals surface area contributed by atoms with Gasteiger partial charge in [0.05, 0.1) is 11.3 Å². The second kappa shape index (κ2) is 7.34. The fraction of sp³-hybridized carbons (Fsp3) is 0.211. The second-order valence-electron chi connectivity index (χ2n) is 6.51. The van der Waals surface area contributed by atoms with Crippen molar-refractivity contribution >= 4 is 29.3 Å². The van der Waals surface area contributed by atoms with Gasteiger partial charge in [0, 0.05) is 24.7 Å². The van der Waals surface area contributed by atoms with Crippen molar-refractivity contribution in [3.63, 3.8) is 0 Å². The SMILES string of the molecule is Cn1cnc(-c2ccc([C@H]3C[C@@H]3C(=O)NN)cc2)c1Sc1ccc(Cl)cn1. The molecule has 2 atom stereocenters. The number of pyridine rings is 1. The highest BCUT2D eigenvalue weighted by Gasteiger charge is 2.43. The molecule has 1 amide bonds. The summed E-state index contributed by atoms with van der Waals surface area (Å²) in [7, 11) is 1.96. The molecule has 0 radical (unpaired) electrons.